The zero-order valence-corrected chi connectivity index (χ0v) is 7.45. The summed E-state index contributed by atoms with van der Waals surface area (Å²) in [7, 11) is 0. The monoisotopic (exact) mass is 185 g/mol. The molecular formula is C9H9ClFN. The maximum atomic E-state index is 12.9. The number of fused-ring (bicyclic) bond motifs is 1. The van der Waals surface area contributed by atoms with E-state index in [0.29, 0.717) is 6.04 Å². The van der Waals surface area contributed by atoms with E-state index in [4.69, 9.17) is 11.6 Å². The quantitative estimate of drug-likeness (QED) is 0.656. The van der Waals surface area contributed by atoms with Crippen molar-refractivity contribution in [3.05, 3.63) is 28.5 Å². The molecule has 1 nitrogen and oxygen atoms in total. The smallest absolute Gasteiger partial charge is 0.142 e. The lowest BCUT2D eigenvalue weighted by molar-refractivity contribution is 0.626. The number of benzene rings is 1. The van der Waals surface area contributed by atoms with Crippen molar-refractivity contribution in [3.63, 3.8) is 0 Å². The average molecular weight is 186 g/mol. The minimum absolute atomic E-state index is 0.268. The van der Waals surface area contributed by atoms with Crippen LogP contribution in [0.25, 0.3) is 0 Å². The lowest BCUT2D eigenvalue weighted by Crippen LogP contribution is -2.08. The van der Waals surface area contributed by atoms with Crippen LogP contribution in [-0.4, -0.2) is 6.04 Å². The molecule has 2 rings (SSSR count). The lowest BCUT2D eigenvalue weighted by Gasteiger charge is -2.02. The molecule has 1 heterocycles. The van der Waals surface area contributed by atoms with Crippen LogP contribution in [0.2, 0.25) is 5.02 Å². The molecular weight excluding hydrogens is 177 g/mol. The largest absolute Gasteiger partial charge is 0.382 e. The van der Waals surface area contributed by atoms with Crippen LogP contribution in [0.15, 0.2) is 12.1 Å². The van der Waals surface area contributed by atoms with Crippen LogP contribution < -0.4 is 5.32 Å². The molecule has 0 bridgehead atoms. The molecule has 1 unspecified atom stereocenters. The minimum Gasteiger partial charge on any atom is -0.382 e. The van der Waals surface area contributed by atoms with E-state index in [9.17, 15) is 4.39 Å². The number of nitrogens with one attached hydrogen (secondary N) is 1. The molecule has 0 fully saturated rings. The van der Waals surface area contributed by atoms with E-state index in [2.05, 4.69) is 5.32 Å². The molecule has 3 heteroatoms. The van der Waals surface area contributed by atoms with Gasteiger partial charge in [-0.3, -0.25) is 0 Å². The van der Waals surface area contributed by atoms with Crippen molar-refractivity contribution in [2.24, 2.45) is 0 Å². The second-order valence-electron chi connectivity index (χ2n) is 3.14. The molecule has 1 aromatic carbocycles. The Labute approximate surface area is 75.5 Å². The molecule has 1 aliphatic rings. The van der Waals surface area contributed by atoms with Crippen LogP contribution >= 0.6 is 11.6 Å². The summed E-state index contributed by atoms with van der Waals surface area (Å²) in [6.07, 6.45) is 0.811. The van der Waals surface area contributed by atoms with Gasteiger partial charge >= 0.3 is 0 Å². The Hall–Kier alpha value is -0.760. The SMILES string of the molecule is CC1Cc2c(ccc(F)c2Cl)N1. The van der Waals surface area contributed by atoms with Gasteiger partial charge in [0, 0.05) is 11.7 Å². The third-order valence-corrected chi connectivity index (χ3v) is 2.52. The summed E-state index contributed by atoms with van der Waals surface area (Å²) in [6.45, 7) is 2.05. The summed E-state index contributed by atoms with van der Waals surface area (Å²) in [6, 6.07) is 3.49. The number of halogens is 2. The predicted octanol–water partition coefficient (Wildman–Crippen LogP) is 2.84. The van der Waals surface area contributed by atoms with Gasteiger partial charge in [-0.25, -0.2) is 4.39 Å². The molecule has 12 heavy (non-hydrogen) atoms. The second-order valence-corrected chi connectivity index (χ2v) is 3.51. The fourth-order valence-electron chi connectivity index (χ4n) is 1.55. The molecule has 1 aromatic rings. The molecule has 64 valence electrons. The molecule has 1 N–H and O–H groups in total. The summed E-state index contributed by atoms with van der Waals surface area (Å²) in [5.74, 6) is -0.327. The van der Waals surface area contributed by atoms with Crippen molar-refractivity contribution in [1.82, 2.24) is 0 Å². The van der Waals surface area contributed by atoms with Gasteiger partial charge < -0.3 is 5.32 Å². The summed E-state index contributed by atoms with van der Waals surface area (Å²) < 4.78 is 12.9. The van der Waals surface area contributed by atoms with E-state index in [1.807, 2.05) is 6.92 Å². The van der Waals surface area contributed by atoms with Gasteiger partial charge in [0.05, 0.1) is 5.02 Å². The fourth-order valence-corrected chi connectivity index (χ4v) is 1.79. The number of rotatable bonds is 0. The minimum atomic E-state index is -0.327. The molecule has 0 spiro atoms. The first kappa shape index (κ1) is 7.87. The first-order valence-corrected chi connectivity index (χ1v) is 4.29. The predicted molar refractivity (Wildman–Crippen MR) is 48.2 cm³/mol. The molecule has 0 radical (unpaired) electrons. The van der Waals surface area contributed by atoms with Crippen molar-refractivity contribution < 1.29 is 4.39 Å². The van der Waals surface area contributed by atoms with E-state index in [-0.39, 0.29) is 10.8 Å². The van der Waals surface area contributed by atoms with Crippen molar-refractivity contribution in [3.8, 4) is 0 Å². The Kier molecular flexibility index (Phi) is 1.72. The summed E-state index contributed by atoms with van der Waals surface area (Å²) in [5, 5.41) is 3.48. The molecule has 0 aliphatic carbocycles. The fraction of sp³-hybridized carbons (Fsp3) is 0.333. The van der Waals surface area contributed by atoms with Gasteiger partial charge in [0.15, 0.2) is 0 Å². The van der Waals surface area contributed by atoms with Gasteiger partial charge in [0.25, 0.3) is 0 Å². The van der Waals surface area contributed by atoms with Gasteiger partial charge in [-0.2, -0.15) is 0 Å². The third-order valence-electron chi connectivity index (χ3n) is 2.11. The number of hydrogen-bond donors (Lipinski definition) is 1. The van der Waals surface area contributed by atoms with Crippen LogP contribution in [0.3, 0.4) is 0 Å². The Morgan fingerprint density at radius 1 is 1.58 bits per heavy atom. The van der Waals surface area contributed by atoms with Crippen LogP contribution in [0.5, 0.6) is 0 Å². The summed E-state index contributed by atoms with van der Waals surface area (Å²) in [5.41, 5.74) is 1.87. The third kappa shape index (κ3) is 1.07. The van der Waals surface area contributed by atoms with E-state index in [1.165, 1.54) is 6.07 Å². The van der Waals surface area contributed by atoms with Gasteiger partial charge in [0.2, 0.25) is 0 Å². The van der Waals surface area contributed by atoms with E-state index in [0.717, 1.165) is 17.7 Å². The lowest BCUT2D eigenvalue weighted by atomic mass is 10.1. The first-order valence-electron chi connectivity index (χ1n) is 3.92. The Balaban J connectivity index is 2.54. The maximum Gasteiger partial charge on any atom is 0.142 e. The molecule has 0 aromatic heterocycles. The van der Waals surface area contributed by atoms with Crippen molar-refractivity contribution in [1.29, 1.82) is 0 Å². The highest BCUT2D eigenvalue weighted by atomic mass is 35.5. The van der Waals surface area contributed by atoms with Gasteiger partial charge in [0.1, 0.15) is 5.82 Å². The van der Waals surface area contributed by atoms with E-state index < -0.39 is 0 Å². The van der Waals surface area contributed by atoms with Gasteiger partial charge in [-0.15, -0.1) is 0 Å². The average Bonchev–Trinajstić information content (AvgIpc) is 2.39. The van der Waals surface area contributed by atoms with Crippen LogP contribution in [-0.2, 0) is 6.42 Å². The highest BCUT2D eigenvalue weighted by Crippen LogP contribution is 2.33. The van der Waals surface area contributed by atoms with Crippen LogP contribution in [0.1, 0.15) is 12.5 Å². The van der Waals surface area contributed by atoms with Crippen molar-refractivity contribution in [2.75, 3.05) is 5.32 Å². The Bertz CT molecular complexity index is 325. The van der Waals surface area contributed by atoms with Crippen LogP contribution in [0, 0.1) is 5.82 Å². The number of hydrogen-bond acceptors (Lipinski definition) is 1. The molecule has 0 saturated carbocycles. The molecule has 1 aliphatic heterocycles. The molecule has 1 atom stereocenters. The Morgan fingerprint density at radius 2 is 2.33 bits per heavy atom. The normalized spacial score (nSPS) is 20.4. The summed E-state index contributed by atoms with van der Waals surface area (Å²) in [4.78, 5) is 0. The maximum absolute atomic E-state index is 12.9. The zero-order valence-electron chi connectivity index (χ0n) is 6.70. The van der Waals surface area contributed by atoms with E-state index in [1.54, 1.807) is 6.07 Å². The number of anilines is 1. The molecule has 0 amide bonds. The van der Waals surface area contributed by atoms with Gasteiger partial charge in [-0.1, -0.05) is 11.6 Å². The zero-order chi connectivity index (χ0) is 8.72. The van der Waals surface area contributed by atoms with Crippen molar-refractivity contribution in [2.45, 2.75) is 19.4 Å². The van der Waals surface area contributed by atoms with Crippen LogP contribution in [0.4, 0.5) is 10.1 Å². The summed E-state index contributed by atoms with van der Waals surface area (Å²) >= 11 is 5.79. The highest BCUT2D eigenvalue weighted by Gasteiger charge is 2.20. The second kappa shape index (κ2) is 2.63. The highest BCUT2D eigenvalue weighted by molar-refractivity contribution is 6.32. The topological polar surface area (TPSA) is 12.0 Å². The van der Waals surface area contributed by atoms with Gasteiger partial charge in [-0.05, 0) is 31.0 Å². The Morgan fingerprint density at radius 3 is 3.08 bits per heavy atom. The van der Waals surface area contributed by atoms with Crippen molar-refractivity contribution >= 4 is 17.3 Å². The standard InChI is InChI=1S/C9H9ClFN/c1-5-4-6-8(12-5)3-2-7(11)9(6)10/h2-3,5,12H,4H2,1H3. The first-order chi connectivity index (χ1) is 5.68. The molecule has 0 saturated heterocycles. The van der Waals surface area contributed by atoms with E-state index >= 15 is 0 Å².